The van der Waals surface area contributed by atoms with Crippen LogP contribution in [-0.4, -0.2) is 38.9 Å². The molecule has 0 atom stereocenters. The lowest BCUT2D eigenvalue weighted by Crippen LogP contribution is -2.85. The predicted octanol–water partition coefficient (Wildman–Crippen LogP) is 1.36. The molecule has 1 aromatic carbocycles. The van der Waals surface area contributed by atoms with Gasteiger partial charge in [0.25, 0.3) is 5.91 Å². The summed E-state index contributed by atoms with van der Waals surface area (Å²) in [5.41, 5.74) is 2.37. The molecule has 3 heterocycles. The molecule has 8 nitrogen and oxygen atoms in total. The zero-order valence-electron chi connectivity index (χ0n) is 16.3. The number of aromatic amines is 1. The molecule has 4 N–H and O–H groups in total. The Labute approximate surface area is 172 Å². The van der Waals surface area contributed by atoms with Crippen LogP contribution in [0.3, 0.4) is 0 Å². The maximum Gasteiger partial charge on any atom is 0.273 e. The number of quaternary nitrogens is 1. The Morgan fingerprint density at radius 2 is 2.00 bits per heavy atom. The van der Waals surface area contributed by atoms with Crippen LogP contribution in [0.25, 0.3) is 11.0 Å². The van der Waals surface area contributed by atoms with Crippen LogP contribution in [0.5, 0.6) is 0 Å². The second-order valence-electron chi connectivity index (χ2n) is 6.81. The topological polar surface area (TPSA) is 113 Å². The van der Waals surface area contributed by atoms with Crippen molar-refractivity contribution < 1.29 is 18.9 Å². The molecule has 0 saturated heterocycles. The Morgan fingerprint density at radius 3 is 2.87 bits per heavy atom. The van der Waals surface area contributed by atoms with Gasteiger partial charge in [0.15, 0.2) is 11.6 Å². The van der Waals surface area contributed by atoms with Crippen molar-refractivity contribution in [1.29, 1.82) is 0 Å². The number of benzene rings is 1. The van der Waals surface area contributed by atoms with Crippen LogP contribution in [0.15, 0.2) is 53.3 Å². The molecule has 4 aromatic rings. The van der Waals surface area contributed by atoms with Crippen LogP contribution in [0.2, 0.25) is 0 Å². The number of halogens is 1. The highest BCUT2D eigenvalue weighted by Crippen LogP contribution is 2.10. The number of amides is 1. The largest absolute Gasteiger partial charge is 0.448 e. The summed E-state index contributed by atoms with van der Waals surface area (Å²) in [4.78, 5) is 28.1. The lowest BCUT2D eigenvalue weighted by atomic mass is 10.3. The smallest absolute Gasteiger partial charge is 0.273 e. The molecule has 0 aliphatic heterocycles. The summed E-state index contributed by atoms with van der Waals surface area (Å²) < 4.78 is 18.9. The van der Waals surface area contributed by atoms with Gasteiger partial charge in [0, 0.05) is 6.20 Å². The SMILES string of the molecule is O=C(NCc1ncccc1F)c1coc(CC[NH2+]CCc2nc3ccccc3[nH]2)n1. The summed E-state index contributed by atoms with van der Waals surface area (Å²) in [5.74, 6) is 0.566. The molecule has 0 radical (unpaired) electrons. The molecular formula is C21H22FN6O2+. The lowest BCUT2D eigenvalue weighted by molar-refractivity contribution is -0.654. The summed E-state index contributed by atoms with van der Waals surface area (Å²) >= 11 is 0. The zero-order chi connectivity index (χ0) is 20.8. The lowest BCUT2D eigenvalue weighted by Gasteiger charge is -2.03. The number of hydrogen-bond acceptors (Lipinski definition) is 5. The number of oxazole rings is 1. The van der Waals surface area contributed by atoms with Gasteiger partial charge in [0.2, 0.25) is 0 Å². The average molecular weight is 409 g/mol. The van der Waals surface area contributed by atoms with E-state index >= 15 is 0 Å². The van der Waals surface area contributed by atoms with E-state index in [1.807, 2.05) is 24.3 Å². The molecule has 0 aliphatic rings. The first-order chi connectivity index (χ1) is 14.7. The first kappa shape index (κ1) is 19.7. The van der Waals surface area contributed by atoms with Gasteiger partial charge in [0.05, 0.1) is 49.2 Å². The zero-order valence-corrected chi connectivity index (χ0v) is 16.3. The number of nitrogens with two attached hydrogens (primary N) is 1. The normalized spacial score (nSPS) is 11.1. The standard InChI is InChI=1S/C21H21FN6O2/c22-14-4-3-9-24-17(14)12-25-21(29)18-13-30-20(28-18)8-11-23-10-7-19-26-15-5-1-2-6-16(15)27-19/h1-6,9,13,23H,7-8,10-12H2,(H,25,29)(H,26,27)/p+1. The molecule has 0 fully saturated rings. The highest BCUT2D eigenvalue weighted by Gasteiger charge is 2.13. The van der Waals surface area contributed by atoms with Crippen LogP contribution in [-0.2, 0) is 19.4 Å². The van der Waals surface area contributed by atoms with E-state index in [4.69, 9.17) is 4.42 Å². The number of rotatable bonds is 9. The van der Waals surface area contributed by atoms with Crippen LogP contribution in [0, 0.1) is 5.82 Å². The van der Waals surface area contributed by atoms with Crippen molar-refractivity contribution in [3.8, 4) is 0 Å². The van der Waals surface area contributed by atoms with Gasteiger partial charge in [-0.3, -0.25) is 9.78 Å². The van der Waals surface area contributed by atoms with Gasteiger partial charge in [-0.2, -0.15) is 0 Å². The van der Waals surface area contributed by atoms with Crippen molar-refractivity contribution in [3.63, 3.8) is 0 Å². The molecule has 0 spiro atoms. The number of para-hydroxylation sites is 2. The maximum absolute atomic E-state index is 13.6. The number of imidazole rings is 1. The Balaban J connectivity index is 1.19. The number of pyridine rings is 1. The molecule has 1 amide bonds. The van der Waals surface area contributed by atoms with Gasteiger partial charge >= 0.3 is 0 Å². The third-order valence-electron chi connectivity index (χ3n) is 4.62. The van der Waals surface area contributed by atoms with Gasteiger partial charge in [0.1, 0.15) is 17.9 Å². The van der Waals surface area contributed by atoms with Crippen molar-refractivity contribution in [3.05, 3.63) is 77.8 Å². The Kier molecular flexibility index (Phi) is 6.09. The maximum atomic E-state index is 13.6. The molecular weight excluding hydrogens is 387 g/mol. The van der Waals surface area contributed by atoms with Crippen molar-refractivity contribution in [1.82, 2.24) is 25.3 Å². The molecule has 0 aliphatic carbocycles. The van der Waals surface area contributed by atoms with Crippen LogP contribution in [0.4, 0.5) is 4.39 Å². The second kappa shape index (κ2) is 9.27. The minimum Gasteiger partial charge on any atom is -0.448 e. The summed E-state index contributed by atoms with van der Waals surface area (Å²) in [5, 5.41) is 4.75. The number of nitrogens with zero attached hydrogens (tertiary/aromatic N) is 3. The summed E-state index contributed by atoms with van der Waals surface area (Å²) in [6, 6.07) is 10.8. The third-order valence-corrected chi connectivity index (χ3v) is 4.62. The van der Waals surface area contributed by atoms with E-state index < -0.39 is 11.7 Å². The quantitative estimate of drug-likeness (QED) is 0.361. The number of nitrogens with one attached hydrogen (secondary N) is 2. The van der Waals surface area contributed by atoms with Gasteiger partial charge in [-0.05, 0) is 24.3 Å². The minimum atomic E-state index is -0.461. The first-order valence-corrected chi connectivity index (χ1v) is 9.76. The number of hydrogen-bond donors (Lipinski definition) is 3. The molecule has 30 heavy (non-hydrogen) atoms. The minimum absolute atomic E-state index is 0.0106. The molecule has 3 aromatic heterocycles. The van der Waals surface area contributed by atoms with Crippen molar-refractivity contribution in [2.75, 3.05) is 13.1 Å². The van der Waals surface area contributed by atoms with Crippen molar-refractivity contribution in [2.45, 2.75) is 19.4 Å². The van der Waals surface area contributed by atoms with Crippen LogP contribution >= 0.6 is 0 Å². The number of carbonyl (C=O) groups is 1. The molecule has 9 heteroatoms. The van der Waals surface area contributed by atoms with E-state index in [2.05, 4.69) is 30.6 Å². The molecule has 0 bridgehead atoms. The number of fused-ring (bicyclic) bond motifs is 1. The second-order valence-corrected chi connectivity index (χ2v) is 6.81. The highest BCUT2D eigenvalue weighted by atomic mass is 19.1. The fraction of sp³-hybridized carbons (Fsp3) is 0.238. The number of aromatic nitrogens is 4. The average Bonchev–Trinajstić information content (AvgIpc) is 3.39. The summed E-state index contributed by atoms with van der Waals surface area (Å²) in [6.45, 7) is 1.65. The molecule has 0 saturated carbocycles. The Morgan fingerprint density at radius 1 is 1.13 bits per heavy atom. The molecule has 4 rings (SSSR count). The summed E-state index contributed by atoms with van der Waals surface area (Å²) in [7, 11) is 0. The fourth-order valence-electron chi connectivity index (χ4n) is 3.07. The van der Waals surface area contributed by atoms with E-state index in [0.717, 1.165) is 36.4 Å². The van der Waals surface area contributed by atoms with Gasteiger partial charge < -0.3 is 20.0 Å². The Bertz CT molecular complexity index is 1110. The van der Waals surface area contributed by atoms with Crippen LogP contribution < -0.4 is 10.6 Å². The first-order valence-electron chi connectivity index (χ1n) is 9.76. The highest BCUT2D eigenvalue weighted by molar-refractivity contribution is 5.91. The van der Waals surface area contributed by atoms with E-state index in [1.54, 1.807) is 0 Å². The Hall–Kier alpha value is -3.59. The third kappa shape index (κ3) is 4.87. The molecule has 0 unspecified atom stereocenters. The van der Waals surface area contributed by atoms with Gasteiger partial charge in [-0.25, -0.2) is 14.4 Å². The number of carbonyl (C=O) groups excluding carboxylic acids is 1. The van der Waals surface area contributed by atoms with Gasteiger partial charge in [-0.15, -0.1) is 0 Å². The van der Waals surface area contributed by atoms with Gasteiger partial charge in [-0.1, -0.05) is 12.1 Å². The van der Waals surface area contributed by atoms with Crippen molar-refractivity contribution >= 4 is 16.9 Å². The molecule has 154 valence electrons. The number of H-pyrrole nitrogens is 1. The van der Waals surface area contributed by atoms with E-state index in [1.165, 1.54) is 24.6 Å². The van der Waals surface area contributed by atoms with E-state index in [-0.39, 0.29) is 17.9 Å². The van der Waals surface area contributed by atoms with Crippen LogP contribution in [0.1, 0.15) is 27.9 Å². The monoisotopic (exact) mass is 409 g/mol. The summed E-state index contributed by atoms with van der Waals surface area (Å²) in [6.07, 6.45) is 4.22. The fourth-order valence-corrected chi connectivity index (χ4v) is 3.07. The predicted molar refractivity (Wildman–Crippen MR) is 107 cm³/mol. The van der Waals surface area contributed by atoms with E-state index in [0.29, 0.717) is 12.3 Å². The van der Waals surface area contributed by atoms with E-state index in [9.17, 15) is 9.18 Å². The van der Waals surface area contributed by atoms with Crippen molar-refractivity contribution in [2.24, 2.45) is 0 Å².